The molecule has 0 aromatic carbocycles. The molecule has 2 aliphatic heterocycles. The van der Waals surface area contributed by atoms with Crippen LogP contribution in [-0.4, -0.2) is 43.3 Å². The lowest BCUT2D eigenvalue weighted by molar-refractivity contribution is -0.0716. The minimum Gasteiger partial charge on any atom is -0.382 e. The highest BCUT2D eigenvalue weighted by atomic mass is 16.5. The van der Waals surface area contributed by atoms with Crippen LogP contribution in [0.25, 0.3) is 0 Å². The molecular formula is C17H28N2O. The van der Waals surface area contributed by atoms with Crippen LogP contribution < -0.4 is 5.32 Å². The monoisotopic (exact) mass is 276 g/mol. The molecule has 0 amide bonds. The van der Waals surface area contributed by atoms with Crippen molar-refractivity contribution in [3.63, 3.8) is 0 Å². The van der Waals surface area contributed by atoms with E-state index >= 15 is 0 Å². The maximum Gasteiger partial charge on any atom is 0.0645 e. The van der Waals surface area contributed by atoms with E-state index < -0.39 is 0 Å². The lowest BCUT2D eigenvalue weighted by atomic mass is 9.92. The third kappa shape index (κ3) is 3.09. The lowest BCUT2D eigenvalue weighted by Gasteiger charge is -2.42. The Balaban J connectivity index is 1.51. The van der Waals surface area contributed by atoms with Gasteiger partial charge in [-0.05, 0) is 37.2 Å². The third-order valence-electron chi connectivity index (χ3n) is 4.84. The number of hydrogen-bond acceptors (Lipinski definition) is 3. The van der Waals surface area contributed by atoms with E-state index in [1.54, 1.807) is 0 Å². The average Bonchev–Trinajstić information content (AvgIpc) is 2.39. The molecule has 0 atom stereocenters. The number of allylic oxidation sites excluding steroid dienone is 3. The van der Waals surface area contributed by atoms with E-state index in [9.17, 15) is 0 Å². The van der Waals surface area contributed by atoms with Gasteiger partial charge in [0.15, 0.2) is 0 Å². The summed E-state index contributed by atoms with van der Waals surface area (Å²) in [5, 5.41) is 3.82. The van der Waals surface area contributed by atoms with Crippen molar-refractivity contribution in [1.82, 2.24) is 10.2 Å². The molecule has 112 valence electrons. The predicted octanol–water partition coefficient (Wildman–Crippen LogP) is 2.70. The first kappa shape index (κ1) is 14.2. The summed E-state index contributed by atoms with van der Waals surface area (Å²) in [6.45, 7) is 8.93. The average molecular weight is 276 g/mol. The maximum atomic E-state index is 5.30. The van der Waals surface area contributed by atoms with Gasteiger partial charge in [0.2, 0.25) is 0 Å². The summed E-state index contributed by atoms with van der Waals surface area (Å²) in [6.07, 6.45) is 9.75. The number of nitrogens with zero attached hydrogens (tertiary/aromatic N) is 1. The second-order valence-corrected chi connectivity index (χ2v) is 6.66. The molecule has 0 radical (unpaired) electrons. The second-order valence-electron chi connectivity index (χ2n) is 6.66. The summed E-state index contributed by atoms with van der Waals surface area (Å²) in [4.78, 5) is 2.61. The van der Waals surface area contributed by atoms with E-state index in [4.69, 9.17) is 4.74 Å². The van der Waals surface area contributed by atoms with E-state index in [0.717, 1.165) is 13.2 Å². The van der Waals surface area contributed by atoms with Crippen molar-refractivity contribution in [2.75, 3.05) is 26.3 Å². The van der Waals surface area contributed by atoms with Crippen molar-refractivity contribution < 1.29 is 4.74 Å². The van der Waals surface area contributed by atoms with Gasteiger partial charge in [0, 0.05) is 24.8 Å². The molecule has 3 rings (SSSR count). The molecule has 1 N–H and O–H groups in total. The van der Waals surface area contributed by atoms with E-state index in [-0.39, 0.29) is 0 Å². The molecule has 3 nitrogen and oxygen atoms in total. The molecule has 0 bridgehead atoms. The summed E-state index contributed by atoms with van der Waals surface area (Å²) >= 11 is 0. The number of likely N-dealkylation sites (tertiary alicyclic amines) is 1. The highest BCUT2D eigenvalue weighted by Gasteiger charge is 2.30. The summed E-state index contributed by atoms with van der Waals surface area (Å²) in [5.74, 6) is 0.626. The molecule has 0 spiro atoms. The molecule has 2 fully saturated rings. The number of ether oxygens (including phenoxy) is 1. The van der Waals surface area contributed by atoms with Crippen molar-refractivity contribution in [2.24, 2.45) is 5.92 Å². The predicted molar refractivity (Wildman–Crippen MR) is 82.6 cm³/mol. The molecule has 0 unspecified atom stereocenters. The Morgan fingerprint density at radius 3 is 2.45 bits per heavy atom. The van der Waals surface area contributed by atoms with Gasteiger partial charge < -0.3 is 10.1 Å². The normalized spacial score (nSPS) is 26.1. The molecule has 2 heterocycles. The minimum absolute atomic E-state index is 0.626. The van der Waals surface area contributed by atoms with Gasteiger partial charge in [0.25, 0.3) is 0 Å². The minimum atomic E-state index is 0.626. The third-order valence-corrected chi connectivity index (χ3v) is 4.84. The van der Waals surface area contributed by atoms with Crippen molar-refractivity contribution >= 4 is 0 Å². The molecule has 0 aromatic rings. The van der Waals surface area contributed by atoms with Gasteiger partial charge in [-0.1, -0.05) is 26.0 Å². The topological polar surface area (TPSA) is 24.5 Å². The fraction of sp³-hybridized carbons (Fsp3) is 0.765. The summed E-state index contributed by atoms with van der Waals surface area (Å²) < 4.78 is 5.30. The lowest BCUT2D eigenvalue weighted by Crippen LogP contribution is -2.53. The Morgan fingerprint density at radius 1 is 1.15 bits per heavy atom. The van der Waals surface area contributed by atoms with Gasteiger partial charge in [-0.3, -0.25) is 4.90 Å². The van der Waals surface area contributed by atoms with Gasteiger partial charge in [-0.25, -0.2) is 0 Å². The molecular weight excluding hydrogens is 248 g/mol. The van der Waals surface area contributed by atoms with Gasteiger partial charge in [-0.15, -0.1) is 0 Å². The second kappa shape index (κ2) is 6.31. The fourth-order valence-corrected chi connectivity index (χ4v) is 3.45. The van der Waals surface area contributed by atoms with Crippen LogP contribution in [0, 0.1) is 5.92 Å². The highest BCUT2D eigenvalue weighted by Crippen LogP contribution is 2.26. The van der Waals surface area contributed by atoms with Crippen molar-refractivity contribution in [2.45, 2.75) is 51.6 Å². The molecule has 3 aliphatic rings. The SMILES string of the molecule is CC(C)C1=CCCC=C1NC1CCN(C2COC2)CC1. The van der Waals surface area contributed by atoms with Crippen molar-refractivity contribution in [3.05, 3.63) is 23.4 Å². The zero-order valence-corrected chi connectivity index (χ0v) is 12.9. The van der Waals surface area contributed by atoms with Gasteiger partial charge in [0.1, 0.15) is 0 Å². The number of nitrogens with one attached hydrogen (secondary N) is 1. The first-order chi connectivity index (χ1) is 9.74. The van der Waals surface area contributed by atoms with Crippen LogP contribution in [0.2, 0.25) is 0 Å². The van der Waals surface area contributed by atoms with Gasteiger partial charge in [-0.2, -0.15) is 0 Å². The largest absolute Gasteiger partial charge is 0.382 e. The summed E-state index contributed by atoms with van der Waals surface area (Å²) in [7, 11) is 0. The van der Waals surface area contributed by atoms with E-state index in [2.05, 4.69) is 36.2 Å². The number of hydrogen-bond donors (Lipinski definition) is 1. The van der Waals surface area contributed by atoms with E-state index in [0.29, 0.717) is 18.0 Å². The molecule has 0 aromatic heterocycles. The Labute approximate surface area is 123 Å². The molecule has 1 aliphatic carbocycles. The Bertz CT molecular complexity index is 388. The quantitative estimate of drug-likeness (QED) is 0.854. The van der Waals surface area contributed by atoms with Crippen molar-refractivity contribution in [3.8, 4) is 0 Å². The van der Waals surface area contributed by atoms with Crippen LogP contribution in [0.4, 0.5) is 0 Å². The van der Waals surface area contributed by atoms with Crippen molar-refractivity contribution in [1.29, 1.82) is 0 Å². The highest BCUT2D eigenvalue weighted by molar-refractivity contribution is 5.34. The van der Waals surface area contributed by atoms with Crippen LogP contribution in [0.5, 0.6) is 0 Å². The fourth-order valence-electron chi connectivity index (χ4n) is 3.45. The van der Waals surface area contributed by atoms with Crippen LogP contribution >= 0.6 is 0 Å². The van der Waals surface area contributed by atoms with Crippen LogP contribution in [0.15, 0.2) is 23.4 Å². The Kier molecular flexibility index (Phi) is 4.47. The zero-order chi connectivity index (χ0) is 13.9. The van der Waals surface area contributed by atoms with Crippen LogP contribution in [0.3, 0.4) is 0 Å². The van der Waals surface area contributed by atoms with Crippen LogP contribution in [-0.2, 0) is 4.74 Å². The summed E-state index contributed by atoms with van der Waals surface area (Å²) in [6, 6.07) is 1.36. The van der Waals surface area contributed by atoms with Gasteiger partial charge >= 0.3 is 0 Å². The number of rotatable bonds is 4. The number of piperidine rings is 1. The van der Waals surface area contributed by atoms with Crippen LogP contribution in [0.1, 0.15) is 39.5 Å². The molecule has 0 saturated carbocycles. The smallest absolute Gasteiger partial charge is 0.0645 e. The molecule has 2 saturated heterocycles. The standard InChI is InChI=1S/C17H28N2O/c1-13(2)16-5-3-4-6-17(16)18-14-7-9-19(10-8-14)15-11-20-12-15/h5-6,13-15,18H,3-4,7-12H2,1-2H3. The Morgan fingerprint density at radius 2 is 1.85 bits per heavy atom. The summed E-state index contributed by atoms with van der Waals surface area (Å²) in [5.41, 5.74) is 2.93. The van der Waals surface area contributed by atoms with E-state index in [1.165, 1.54) is 50.0 Å². The molecule has 20 heavy (non-hydrogen) atoms. The van der Waals surface area contributed by atoms with E-state index in [1.807, 2.05) is 0 Å². The Hall–Kier alpha value is -0.800. The zero-order valence-electron chi connectivity index (χ0n) is 12.9. The maximum absolute atomic E-state index is 5.30. The van der Waals surface area contributed by atoms with Gasteiger partial charge in [0.05, 0.1) is 19.3 Å². The first-order valence-electron chi connectivity index (χ1n) is 8.23. The first-order valence-corrected chi connectivity index (χ1v) is 8.23. The molecule has 3 heteroatoms.